The monoisotopic (exact) mass is 381 g/mol. The van der Waals surface area contributed by atoms with Crippen LogP contribution in [-0.2, 0) is 20.7 Å². The van der Waals surface area contributed by atoms with Crippen LogP contribution in [0.4, 0.5) is 13.6 Å². The van der Waals surface area contributed by atoms with Gasteiger partial charge in [0, 0.05) is 18.7 Å². The lowest BCUT2D eigenvalue weighted by Crippen LogP contribution is -2.45. The molecule has 0 spiro atoms. The van der Waals surface area contributed by atoms with Crippen molar-refractivity contribution in [3.8, 4) is 5.69 Å². The van der Waals surface area contributed by atoms with Crippen LogP contribution in [0.1, 0.15) is 26.5 Å². The van der Waals surface area contributed by atoms with Crippen molar-refractivity contribution in [1.82, 2.24) is 14.9 Å². The molecule has 9 heteroatoms. The fraction of sp³-hybridized carbons (Fsp3) is 0.389. The van der Waals surface area contributed by atoms with Crippen LogP contribution in [0.3, 0.4) is 0 Å². The van der Waals surface area contributed by atoms with Crippen molar-refractivity contribution in [2.75, 3.05) is 7.11 Å². The zero-order valence-corrected chi connectivity index (χ0v) is 15.5. The summed E-state index contributed by atoms with van der Waals surface area (Å²) in [4.78, 5) is 28.0. The second-order valence-electron chi connectivity index (χ2n) is 6.83. The smallest absolute Gasteiger partial charge is 0.408 e. The fourth-order valence-electron chi connectivity index (χ4n) is 2.29. The number of benzene rings is 1. The average molecular weight is 381 g/mol. The molecule has 2 rings (SSSR count). The van der Waals surface area contributed by atoms with E-state index >= 15 is 0 Å². The van der Waals surface area contributed by atoms with Crippen molar-refractivity contribution < 1.29 is 27.8 Å². The molecule has 1 atom stereocenters. The Morgan fingerprint density at radius 3 is 2.41 bits per heavy atom. The number of carbonyl (C=O) groups is 2. The third-order valence-electron chi connectivity index (χ3n) is 3.37. The summed E-state index contributed by atoms with van der Waals surface area (Å²) < 4.78 is 38.0. The first kappa shape index (κ1) is 20.3. The molecule has 1 aromatic carbocycles. The van der Waals surface area contributed by atoms with Gasteiger partial charge >= 0.3 is 12.1 Å². The number of hydrogen-bond acceptors (Lipinski definition) is 5. The Labute approximate surface area is 155 Å². The van der Waals surface area contributed by atoms with Crippen molar-refractivity contribution >= 4 is 12.1 Å². The molecule has 0 aliphatic heterocycles. The molecule has 0 saturated carbocycles. The van der Waals surface area contributed by atoms with Crippen LogP contribution in [0.5, 0.6) is 0 Å². The van der Waals surface area contributed by atoms with E-state index in [2.05, 4.69) is 10.3 Å². The highest BCUT2D eigenvalue weighted by Crippen LogP contribution is 2.14. The highest BCUT2D eigenvalue weighted by molar-refractivity contribution is 5.81. The minimum absolute atomic E-state index is 0.0106. The lowest BCUT2D eigenvalue weighted by Gasteiger charge is -2.22. The molecule has 7 nitrogen and oxygen atoms in total. The van der Waals surface area contributed by atoms with Gasteiger partial charge < -0.3 is 19.4 Å². The molecule has 146 valence electrons. The molecule has 1 heterocycles. The van der Waals surface area contributed by atoms with E-state index in [0.717, 1.165) is 18.2 Å². The summed E-state index contributed by atoms with van der Waals surface area (Å²) in [6.07, 6.45) is 2.09. The predicted molar refractivity (Wildman–Crippen MR) is 92.4 cm³/mol. The third kappa shape index (κ3) is 6.05. The minimum Gasteiger partial charge on any atom is -0.467 e. The number of methoxy groups -OCH3 is 1. The lowest BCUT2D eigenvalue weighted by molar-refractivity contribution is -0.143. The first-order valence-electron chi connectivity index (χ1n) is 8.14. The van der Waals surface area contributed by atoms with E-state index in [-0.39, 0.29) is 12.1 Å². The Hall–Kier alpha value is -2.97. The fourth-order valence-corrected chi connectivity index (χ4v) is 2.29. The van der Waals surface area contributed by atoms with Gasteiger partial charge in [-0.15, -0.1) is 0 Å². The molecule has 1 amide bonds. The van der Waals surface area contributed by atoms with Crippen LogP contribution >= 0.6 is 0 Å². The molecule has 1 aromatic heterocycles. The van der Waals surface area contributed by atoms with E-state index in [1.165, 1.54) is 24.2 Å². The topological polar surface area (TPSA) is 82.5 Å². The van der Waals surface area contributed by atoms with Gasteiger partial charge in [0.25, 0.3) is 0 Å². The number of amides is 1. The van der Waals surface area contributed by atoms with E-state index < -0.39 is 35.3 Å². The summed E-state index contributed by atoms with van der Waals surface area (Å²) in [6.45, 7) is 5.08. The summed E-state index contributed by atoms with van der Waals surface area (Å²) in [5, 5.41) is 2.44. The van der Waals surface area contributed by atoms with Gasteiger partial charge in [0.2, 0.25) is 0 Å². The van der Waals surface area contributed by atoms with Gasteiger partial charge in [0.15, 0.2) is 0 Å². The maximum absolute atomic E-state index is 13.4. The van der Waals surface area contributed by atoms with Crippen LogP contribution in [0.25, 0.3) is 5.69 Å². The van der Waals surface area contributed by atoms with Gasteiger partial charge in [0.1, 0.15) is 23.3 Å². The molecule has 2 aromatic rings. The SMILES string of the molecule is COC(=O)[C@H](Cc1cn(-c2cc(F)cc(F)c2)cn1)NC(=O)OC(C)(C)C. The van der Waals surface area contributed by atoms with Gasteiger partial charge in [-0.1, -0.05) is 0 Å². The zero-order valence-electron chi connectivity index (χ0n) is 15.5. The van der Waals surface area contributed by atoms with E-state index in [0.29, 0.717) is 5.69 Å². The summed E-state index contributed by atoms with van der Waals surface area (Å²) in [5.41, 5.74) is -0.0829. The van der Waals surface area contributed by atoms with Gasteiger partial charge in [-0.3, -0.25) is 0 Å². The average Bonchev–Trinajstić information content (AvgIpc) is 2.99. The van der Waals surface area contributed by atoms with Crippen molar-refractivity contribution in [3.05, 3.63) is 48.1 Å². The van der Waals surface area contributed by atoms with E-state index in [9.17, 15) is 18.4 Å². The molecular formula is C18H21F2N3O4. The highest BCUT2D eigenvalue weighted by Gasteiger charge is 2.26. The van der Waals surface area contributed by atoms with Crippen LogP contribution in [0, 0.1) is 11.6 Å². The van der Waals surface area contributed by atoms with Crippen LogP contribution in [-0.4, -0.2) is 40.4 Å². The number of nitrogens with zero attached hydrogens (tertiary/aromatic N) is 2. The zero-order chi connectivity index (χ0) is 20.2. The summed E-state index contributed by atoms with van der Waals surface area (Å²) >= 11 is 0. The number of ether oxygens (including phenoxy) is 2. The number of rotatable bonds is 5. The van der Waals surface area contributed by atoms with E-state index in [4.69, 9.17) is 9.47 Å². The van der Waals surface area contributed by atoms with Crippen molar-refractivity contribution in [2.45, 2.75) is 38.8 Å². The number of carbonyl (C=O) groups excluding carboxylic acids is 2. The van der Waals surface area contributed by atoms with Crippen LogP contribution < -0.4 is 5.32 Å². The standard InChI is InChI=1S/C18H21F2N3O4/c1-18(2,3)27-17(25)22-15(16(24)26-4)8-13-9-23(10-21-13)14-6-11(19)5-12(20)7-14/h5-7,9-10,15H,8H2,1-4H3,(H,22,25)/t15-/m0/s1. The first-order valence-corrected chi connectivity index (χ1v) is 8.14. The Bertz CT molecular complexity index is 810. The van der Waals surface area contributed by atoms with Gasteiger partial charge in [-0.25, -0.2) is 23.4 Å². The summed E-state index contributed by atoms with van der Waals surface area (Å²) in [5.74, 6) is -2.12. The number of nitrogens with one attached hydrogen (secondary N) is 1. The maximum atomic E-state index is 13.4. The predicted octanol–water partition coefficient (Wildman–Crippen LogP) is 2.76. The van der Waals surface area contributed by atoms with Crippen molar-refractivity contribution in [3.63, 3.8) is 0 Å². The van der Waals surface area contributed by atoms with Gasteiger partial charge in [-0.2, -0.15) is 0 Å². The number of hydrogen-bond donors (Lipinski definition) is 1. The largest absolute Gasteiger partial charge is 0.467 e. The van der Waals surface area contributed by atoms with E-state index in [1.807, 2.05) is 0 Å². The Morgan fingerprint density at radius 1 is 1.22 bits per heavy atom. The van der Waals surface area contributed by atoms with Gasteiger partial charge in [-0.05, 0) is 32.9 Å². The molecular weight excluding hydrogens is 360 g/mol. The number of esters is 1. The third-order valence-corrected chi connectivity index (χ3v) is 3.37. The number of imidazole rings is 1. The van der Waals surface area contributed by atoms with Crippen LogP contribution in [0.15, 0.2) is 30.7 Å². The molecule has 0 aliphatic rings. The number of alkyl carbamates (subject to hydrolysis) is 1. The Morgan fingerprint density at radius 2 is 1.85 bits per heavy atom. The molecule has 0 fully saturated rings. The number of aromatic nitrogens is 2. The number of halogens is 2. The maximum Gasteiger partial charge on any atom is 0.408 e. The second-order valence-corrected chi connectivity index (χ2v) is 6.83. The molecule has 1 N–H and O–H groups in total. The molecule has 0 aliphatic carbocycles. The summed E-state index contributed by atoms with van der Waals surface area (Å²) in [6, 6.07) is 2.02. The minimum atomic E-state index is -1.03. The first-order chi connectivity index (χ1) is 12.6. The lowest BCUT2D eigenvalue weighted by atomic mass is 10.1. The van der Waals surface area contributed by atoms with Crippen LogP contribution in [0.2, 0.25) is 0 Å². The normalized spacial score (nSPS) is 12.4. The highest BCUT2D eigenvalue weighted by atomic mass is 19.1. The molecule has 0 radical (unpaired) electrons. The van der Waals surface area contributed by atoms with Gasteiger partial charge in [0.05, 0.1) is 24.8 Å². The Balaban J connectivity index is 2.15. The Kier molecular flexibility index (Phi) is 6.14. The summed E-state index contributed by atoms with van der Waals surface area (Å²) in [7, 11) is 1.19. The molecule has 0 saturated heterocycles. The second kappa shape index (κ2) is 8.15. The molecule has 0 bridgehead atoms. The van der Waals surface area contributed by atoms with Crippen molar-refractivity contribution in [2.24, 2.45) is 0 Å². The molecule has 27 heavy (non-hydrogen) atoms. The van der Waals surface area contributed by atoms with E-state index in [1.54, 1.807) is 20.8 Å². The quantitative estimate of drug-likeness (QED) is 0.806. The van der Waals surface area contributed by atoms with Crippen molar-refractivity contribution in [1.29, 1.82) is 0 Å². The molecule has 0 unspecified atom stereocenters.